The number of benzene rings is 2. The lowest BCUT2D eigenvalue weighted by atomic mass is 9.66. The van der Waals surface area contributed by atoms with Gasteiger partial charge in [0.15, 0.2) is 0 Å². The number of likely N-dealkylation sites (tertiary alicyclic amines) is 1. The molecule has 1 spiro atoms. The molecule has 3 N–H and O–H groups in total. The Kier molecular flexibility index (Phi) is 5.64. The fourth-order valence-electron chi connectivity index (χ4n) is 6.50. The van der Waals surface area contributed by atoms with E-state index in [0.29, 0.717) is 18.5 Å². The van der Waals surface area contributed by atoms with Crippen molar-refractivity contribution in [1.82, 2.24) is 10.2 Å². The van der Waals surface area contributed by atoms with Gasteiger partial charge >= 0.3 is 0 Å². The minimum Gasteiger partial charge on any atom is -0.394 e. The van der Waals surface area contributed by atoms with Crippen molar-refractivity contribution >= 4 is 45.9 Å². The minimum atomic E-state index is -0.755. The van der Waals surface area contributed by atoms with Crippen molar-refractivity contribution in [3.05, 3.63) is 42.5 Å². The molecule has 2 bridgehead atoms. The van der Waals surface area contributed by atoms with Crippen LogP contribution in [0.1, 0.15) is 33.1 Å². The largest absolute Gasteiger partial charge is 0.394 e. The third-order valence-electron chi connectivity index (χ3n) is 8.08. The molecule has 2 aromatic carbocycles. The first kappa shape index (κ1) is 23.2. The third kappa shape index (κ3) is 3.18. The van der Waals surface area contributed by atoms with E-state index in [1.807, 2.05) is 56.3 Å². The molecule has 2 unspecified atom stereocenters. The molecule has 5 rings (SSSR count). The van der Waals surface area contributed by atoms with E-state index in [2.05, 4.69) is 10.6 Å². The summed E-state index contributed by atoms with van der Waals surface area (Å²) in [6.07, 6.45) is 1.98. The van der Waals surface area contributed by atoms with E-state index in [9.17, 15) is 19.5 Å². The van der Waals surface area contributed by atoms with Gasteiger partial charge < -0.3 is 20.6 Å². The molecule has 3 aliphatic rings. The minimum absolute atomic E-state index is 0.150. The predicted molar refractivity (Wildman–Crippen MR) is 133 cm³/mol. The molecular weight excluding hydrogens is 450 g/mol. The average molecular weight is 482 g/mol. The first-order chi connectivity index (χ1) is 16.3. The first-order valence-electron chi connectivity index (χ1n) is 11.9. The fourth-order valence-corrected chi connectivity index (χ4v) is 8.85. The van der Waals surface area contributed by atoms with Crippen molar-refractivity contribution in [2.75, 3.05) is 19.0 Å². The highest BCUT2D eigenvalue weighted by molar-refractivity contribution is 8.02. The molecule has 2 aromatic rings. The monoisotopic (exact) mass is 481 g/mol. The highest BCUT2D eigenvalue weighted by atomic mass is 32.2. The van der Waals surface area contributed by atoms with Gasteiger partial charge in [0.1, 0.15) is 6.04 Å². The summed E-state index contributed by atoms with van der Waals surface area (Å²) in [6, 6.07) is 12.5. The van der Waals surface area contributed by atoms with Crippen LogP contribution in [0, 0.1) is 11.8 Å². The van der Waals surface area contributed by atoms with Gasteiger partial charge in [-0.25, -0.2) is 0 Å². The number of hydrogen-bond donors (Lipinski definition) is 3. The van der Waals surface area contributed by atoms with Crippen molar-refractivity contribution in [1.29, 1.82) is 0 Å². The molecule has 3 saturated heterocycles. The lowest BCUT2D eigenvalue weighted by molar-refractivity contribution is -0.142. The number of carbonyl (C=O) groups excluding carboxylic acids is 3. The molecular formula is C26H31N3O4S. The SMILES string of the molecule is CC[C@@H](CO)N1C(=O)[C@@H]2[C@@H](C(=O)NC)[C@@]3(C)CCC2(S3)C1C(=O)Nc1ccc2ccccc2c1. The maximum absolute atomic E-state index is 13.9. The molecule has 0 aromatic heterocycles. The second-order valence-electron chi connectivity index (χ2n) is 9.88. The number of nitrogens with zero attached hydrogens (tertiary/aromatic N) is 1. The van der Waals surface area contributed by atoms with E-state index >= 15 is 0 Å². The summed E-state index contributed by atoms with van der Waals surface area (Å²) < 4.78 is -1.08. The first-order valence-corrected chi connectivity index (χ1v) is 12.8. The van der Waals surface area contributed by atoms with Gasteiger partial charge in [-0.2, -0.15) is 0 Å². The van der Waals surface area contributed by atoms with Crippen LogP contribution in [-0.4, -0.2) is 63.0 Å². The van der Waals surface area contributed by atoms with Crippen LogP contribution in [0.2, 0.25) is 0 Å². The lowest BCUT2D eigenvalue weighted by Gasteiger charge is -2.36. The van der Waals surface area contributed by atoms with Crippen LogP contribution in [0.25, 0.3) is 10.8 Å². The van der Waals surface area contributed by atoms with E-state index < -0.39 is 33.4 Å². The average Bonchev–Trinajstić information content (AvgIpc) is 3.40. The summed E-state index contributed by atoms with van der Waals surface area (Å²) in [5, 5.41) is 18.0. The summed E-state index contributed by atoms with van der Waals surface area (Å²) in [5.41, 5.74) is 0.666. The van der Waals surface area contributed by atoms with Crippen LogP contribution in [0.4, 0.5) is 5.69 Å². The number of rotatable bonds is 6. The summed E-state index contributed by atoms with van der Waals surface area (Å²) in [7, 11) is 1.60. The zero-order valence-corrected chi connectivity index (χ0v) is 20.5. The second kappa shape index (κ2) is 8.27. The van der Waals surface area contributed by atoms with Crippen molar-refractivity contribution in [2.45, 2.75) is 54.7 Å². The van der Waals surface area contributed by atoms with Gasteiger partial charge in [0.2, 0.25) is 17.7 Å². The number of anilines is 1. The van der Waals surface area contributed by atoms with Crippen LogP contribution in [0.5, 0.6) is 0 Å². The summed E-state index contributed by atoms with van der Waals surface area (Å²) in [4.78, 5) is 42.4. The zero-order valence-electron chi connectivity index (χ0n) is 19.7. The number of aliphatic hydroxyl groups is 1. The maximum Gasteiger partial charge on any atom is 0.248 e. The third-order valence-corrected chi connectivity index (χ3v) is 10.1. The molecule has 8 heteroatoms. The van der Waals surface area contributed by atoms with Crippen molar-refractivity contribution in [3.63, 3.8) is 0 Å². The summed E-state index contributed by atoms with van der Waals surface area (Å²) in [6.45, 7) is 3.72. The summed E-state index contributed by atoms with van der Waals surface area (Å²) >= 11 is 1.63. The number of amides is 3. The second-order valence-corrected chi connectivity index (χ2v) is 11.8. The Morgan fingerprint density at radius 3 is 2.59 bits per heavy atom. The molecule has 3 fully saturated rings. The van der Waals surface area contributed by atoms with Crippen LogP contribution in [0.15, 0.2) is 42.5 Å². The van der Waals surface area contributed by atoms with E-state index in [-0.39, 0.29) is 24.3 Å². The van der Waals surface area contributed by atoms with Gasteiger partial charge in [0.25, 0.3) is 0 Å². The Balaban J connectivity index is 1.56. The Hall–Kier alpha value is -2.58. The van der Waals surface area contributed by atoms with Crippen LogP contribution >= 0.6 is 11.8 Å². The topological polar surface area (TPSA) is 98.7 Å². The van der Waals surface area contributed by atoms with Gasteiger partial charge in [-0.15, -0.1) is 11.8 Å². The number of thioether (sulfide) groups is 1. The smallest absolute Gasteiger partial charge is 0.248 e. The van der Waals surface area contributed by atoms with Crippen molar-refractivity contribution in [3.8, 4) is 0 Å². The van der Waals surface area contributed by atoms with Crippen LogP contribution in [0.3, 0.4) is 0 Å². The molecule has 3 aliphatic heterocycles. The molecule has 3 amide bonds. The Labute approximate surface area is 203 Å². The number of nitrogens with one attached hydrogen (secondary N) is 2. The van der Waals surface area contributed by atoms with Gasteiger partial charge in [0, 0.05) is 17.5 Å². The lowest BCUT2D eigenvalue weighted by Crippen LogP contribution is -2.54. The molecule has 0 radical (unpaired) electrons. The summed E-state index contributed by atoms with van der Waals surface area (Å²) in [5.74, 6) is -1.68. The van der Waals surface area contributed by atoms with Crippen LogP contribution < -0.4 is 10.6 Å². The highest BCUT2D eigenvalue weighted by Crippen LogP contribution is 2.71. The molecule has 6 atom stereocenters. The van der Waals surface area contributed by atoms with Crippen LogP contribution in [-0.2, 0) is 14.4 Å². The van der Waals surface area contributed by atoms with Gasteiger partial charge in [-0.05, 0) is 49.1 Å². The van der Waals surface area contributed by atoms with E-state index in [0.717, 1.165) is 17.2 Å². The number of aliphatic hydroxyl groups excluding tert-OH is 1. The number of carbonyl (C=O) groups is 3. The van der Waals surface area contributed by atoms with E-state index in [1.165, 1.54) is 0 Å². The fraction of sp³-hybridized carbons (Fsp3) is 0.500. The maximum atomic E-state index is 13.9. The number of fused-ring (bicyclic) bond motifs is 2. The Morgan fingerprint density at radius 1 is 1.18 bits per heavy atom. The molecule has 3 heterocycles. The predicted octanol–water partition coefficient (Wildman–Crippen LogP) is 2.78. The quantitative estimate of drug-likeness (QED) is 0.589. The van der Waals surface area contributed by atoms with Gasteiger partial charge in [-0.3, -0.25) is 14.4 Å². The van der Waals surface area contributed by atoms with Gasteiger partial charge in [0.05, 0.1) is 29.2 Å². The normalized spacial score (nSPS) is 32.6. The zero-order chi connectivity index (χ0) is 24.3. The molecule has 34 heavy (non-hydrogen) atoms. The Morgan fingerprint density at radius 2 is 1.91 bits per heavy atom. The molecule has 0 aliphatic carbocycles. The molecule has 180 valence electrons. The molecule has 0 saturated carbocycles. The highest BCUT2D eigenvalue weighted by Gasteiger charge is 2.77. The molecule has 7 nitrogen and oxygen atoms in total. The van der Waals surface area contributed by atoms with Crippen molar-refractivity contribution < 1.29 is 19.5 Å². The van der Waals surface area contributed by atoms with E-state index in [4.69, 9.17) is 0 Å². The van der Waals surface area contributed by atoms with Gasteiger partial charge in [-0.1, -0.05) is 37.3 Å². The van der Waals surface area contributed by atoms with E-state index in [1.54, 1.807) is 23.7 Å². The van der Waals surface area contributed by atoms with Crippen molar-refractivity contribution in [2.24, 2.45) is 11.8 Å². The Bertz CT molecular complexity index is 1170. The number of hydrogen-bond acceptors (Lipinski definition) is 5. The standard InChI is InChI=1S/C26H31N3O4S/c1-4-18(14-30)29-21(23(32)28-17-10-9-15-7-5-6-8-16(15)13-17)26-12-11-25(2,34-26)19(22(31)27-3)20(26)24(29)33/h5-10,13,18-21,30H,4,11-12,14H2,1-3H3,(H,27,31)(H,28,32)/t18-,19-,20-,21?,25+,26?/m0/s1.